The Bertz CT molecular complexity index is 713. The van der Waals surface area contributed by atoms with Gasteiger partial charge in [0.05, 0.1) is 0 Å². The van der Waals surface area contributed by atoms with Crippen LogP contribution in [0.25, 0.3) is 0 Å². The van der Waals surface area contributed by atoms with Crippen LogP contribution in [0.15, 0.2) is 46.9 Å². The highest BCUT2D eigenvalue weighted by Crippen LogP contribution is 2.47. The van der Waals surface area contributed by atoms with Gasteiger partial charge in [-0.25, -0.2) is 0 Å². The van der Waals surface area contributed by atoms with Crippen LogP contribution < -0.4 is 0 Å². The molecule has 4 heteroatoms. The number of allylic oxidation sites excluding steroid dienone is 4. The van der Waals surface area contributed by atoms with Gasteiger partial charge in [-0.1, -0.05) is 12.1 Å². The summed E-state index contributed by atoms with van der Waals surface area (Å²) >= 11 is 2.27. The second-order valence-electron chi connectivity index (χ2n) is 6.31. The van der Waals surface area contributed by atoms with Gasteiger partial charge >= 0.3 is 0 Å². The predicted molar refractivity (Wildman–Crippen MR) is 94.8 cm³/mol. The second kappa shape index (κ2) is 5.89. The topological polar surface area (TPSA) is 43.4 Å². The number of Topliss-reactive ketones (excluding diaryl/α,β-unsaturated/α-hetero) is 2. The van der Waals surface area contributed by atoms with Gasteiger partial charge in [0.1, 0.15) is 11.5 Å². The van der Waals surface area contributed by atoms with Crippen LogP contribution in [0, 0.1) is 3.57 Å². The Kier molecular flexibility index (Phi) is 3.87. The molecule has 0 aromatic heterocycles. The number of benzene rings is 1. The van der Waals surface area contributed by atoms with Crippen molar-refractivity contribution in [3.05, 3.63) is 56.1 Å². The Morgan fingerprint density at radius 3 is 1.87 bits per heavy atom. The Labute approximate surface area is 148 Å². The van der Waals surface area contributed by atoms with E-state index >= 15 is 0 Å². The van der Waals surface area contributed by atoms with Crippen molar-refractivity contribution in [1.82, 2.24) is 0 Å². The number of ether oxygens (including phenoxy) is 1. The van der Waals surface area contributed by atoms with Crippen molar-refractivity contribution in [2.24, 2.45) is 0 Å². The molecule has 1 aromatic rings. The van der Waals surface area contributed by atoms with Gasteiger partial charge in [0, 0.05) is 46.3 Å². The van der Waals surface area contributed by atoms with E-state index < -0.39 is 0 Å². The summed E-state index contributed by atoms with van der Waals surface area (Å²) in [4.78, 5) is 25.2. The van der Waals surface area contributed by atoms with Crippen molar-refractivity contribution in [1.29, 1.82) is 0 Å². The van der Waals surface area contributed by atoms with E-state index in [1.165, 1.54) is 0 Å². The molecular weight excluding hydrogens is 403 g/mol. The van der Waals surface area contributed by atoms with Crippen molar-refractivity contribution < 1.29 is 14.3 Å². The average Bonchev–Trinajstić information content (AvgIpc) is 2.54. The summed E-state index contributed by atoms with van der Waals surface area (Å²) in [5, 5.41) is 0. The van der Waals surface area contributed by atoms with E-state index in [1.807, 2.05) is 24.3 Å². The molecule has 0 amide bonds. The summed E-state index contributed by atoms with van der Waals surface area (Å²) in [6.07, 6.45) is 4.39. The molecule has 0 atom stereocenters. The quantitative estimate of drug-likeness (QED) is 0.632. The van der Waals surface area contributed by atoms with Crippen molar-refractivity contribution in [2.45, 2.75) is 44.4 Å². The molecule has 0 fully saturated rings. The highest BCUT2D eigenvalue weighted by atomic mass is 127. The lowest BCUT2D eigenvalue weighted by molar-refractivity contribution is -0.117. The lowest BCUT2D eigenvalue weighted by Gasteiger charge is -2.35. The van der Waals surface area contributed by atoms with Gasteiger partial charge in [0.25, 0.3) is 0 Å². The van der Waals surface area contributed by atoms with E-state index in [0.717, 1.165) is 57.5 Å². The number of carbonyl (C=O) groups is 2. The Morgan fingerprint density at radius 1 is 0.826 bits per heavy atom. The average molecular weight is 420 g/mol. The number of hydrogen-bond donors (Lipinski definition) is 0. The SMILES string of the molecule is O=C1CCCC2=C1C(c1ccc(I)cc1)C1=C(CCCC1=O)O2. The van der Waals surface area contributed by atoms with Crippen molar-refractivity contribution in [3.8, 4) is 0 Å². The van der Waals surface area contributed by atoms with Gasteiger partial charge in [-0.15, -0.1) is 0 Å². The Balaban J connectivity index is 1.90. The predicted octanol–water partition coefficient (Wildman–Crippen LogP) is 4.42. The summed E-state index contributed by atoms with van der Waals surface area (Å²) in [6.45, 7) is 0. The van der Waals surface area contributed by atoms with E-state index in [9.17, 15) is 9.59 Å². The first-order valence-corrected chi connectivity index (χ1v) is 9.19. The molecule has 118 valence electrons. The first-order chi connectivity index (χ1) is 11.1. The van der Waals surface area contributed by atoms with E-state index in [1.54, 1.807) is 0 Å². The van der Waals surface area contributed by atoms with Crippen LogP contribution in [-0.4, -0.2) is 11.6 Å². The zero-order valence-corrected chi connectivity index (χ0v) is 14.9. The monoisotopic (exact) mass is 420 g/mol. The van der Waals surface area contributed by atoms with Crippen LogP contribution in [0.2, 0.25) is 0 Å². The molecule has 1 heterocycles. The second-order valence-corrected chi connectivity index (χ2v) is 7.56. The first kappa shape index (κ1) is 15.1. The fraction of sp³-hybridized carbons (Fsp3) is 0.368. The highest BCUT2D eigenvalue weighted by molar-refractivity contribution is 14.1. The molecule has 0 saturated heterocycles. The number of ketones is 2. The maximum atomic E-state index is 12.6. The van der Waals surface area contributed by atoms with Gasteiger partial charge in [0.15, 0.2) is 11.6 Å². The molecule has 2 aliphatic carbocycles. The fourth-order valence-electron chi connectivity index (χ4n) is 3.81. The molecule has 23 heavy (non-hydrogen) atoms. The first-order valence-electron chi connectivity index (χ1n) is 8.11. The molecule has 0 bridgehead atoms. The summed E-state index contributed by atoms with van der Waals surface area (Å²) in [6, 6.07) is 8.15. The zero-order chi connectivity index (χ0) is 16.0. The fourth-order valence-corrected chi connectivity index (χ4v) is 4.17. The van der Waals surface area contributed by atoms with E-state index in [0.29, 0.717) is 12.8 Å². The van der Waals surface area contributed by atoms with Crippen molar-refractivity contribution in [3.63, 3.8) is 0 Å². The van der Waals surface area contributed by atoms with Crippen LogP contribution in [-0.2, 0) is 14.3 Å². The largest absolute Gasteiger partial charge is 0.465 e. The lowest BCUT2D eigenvalue weighted by Crippen LogP contribution is -2.30. The van der Waals surface area contributed by atoms with Crippen LogP contribution in [0.4, 0.5) is 0 Å². The zero-order valence-electron chi connectivity index (χ0n) is 12.7. The molecular formula is C19H17IO3. The van der Waals surface area contributed by atoms with E-state index in [4.69, 9.17) is 4.74 Å². The molecule has 1 aromatic carbocycles. The minimum atomic E-state index is -0.230. The minimum absolute atomic E-state index is 0.139. The smallest absolute Gasteiger partial charge is 0.163 e. The maximum absolute atomic E-state index is 12.6. The summed E-state index contributed by atoms with van der Waals surface area (Å²) in [5.74, 6) is 1.65. The summed E-state index contributed by atoms with van der Waals surface area (Å²) in [7, 11) is 0. The normalized spacial score (nSPS) is 22.0. The summed E-state index contributed by atoms with van der Waals surface area (Å²) < 4.78 is 7.17. The molecule has 0 N–H and O–H groups in total. The van der Waals surface area contributed by atoms with Crippen molar-refractivity contribution in [2.75, 3.05) is 0 Å². The standard InChI is InChI=1S/C19H17IO3/c20-12-9-7-11(8-10-12)17-18-13(21)3-1-5-15(18)23-16-6-2-4-14(22)19(16)17/h7-10,17H,1-6H2. The number of halogens is 1. The molecule has 1 aliphatic heterocycles. The molecule has 3 aliphatic rings. The molecule has 3 nitrogen and oxygen atoms in total. The molecule has 0 unspecified atom stereocenters. The van der Waals surface area contributed by atoms with Crippen LogP contribution in [0.1, 0.15) is 50.0 Å². The van der Waals surface area contributed by atoms with Crippen molar-refractivity contribution >= 4 is 34.2 Å². The highest BCUT2D eigenvalue weighted by Gasteiger charge is 2.41. The third-order valence-corrected chi connectivity index (χ3v) is 5.56. The van der Waals surface area contributed by atoms with Gasteiger partial charge in [-0.05, 0) is 53.1 Å². The van der Waals surface area contributed by atoms with Crippen LogP contribution >= 0.6 is 22.6 Å². The van der Waals surface area contributed by atoms with E-state index in [2.05, 4.69) is 22.6 Å². The lowest BCUT2D eigenvalue weighted by atomic mass is 9.73. The molecule has 4 rings (SSSR count). The number of carbonyl (C=O) groups excluding carboxylic acids is 2. The van der Waals surface area contributed by atoms with Gasteiger partial charge in [-0.3, -0.25) is 9.59 Å². The third kappa shape index (κ3) is 2.57. The third-order valence-electron chi connectivity index (χ3n) is 4.84. The number of hydrogen-bond acceptors (Lipinski definition) is 3. The number of rotatable bonds is 1. The Morgan fingerprint density at radius 2 is 1.35 bits per heavy atom. The maximum Gasteiger partial charge on any atom is 0.163 e. The molecule has 0 saturated carbocycles. The van der Waals surface area contributed by atoms with E-state index in [-0.39, 0.29) is 17.5 Å². The molecule has 0 spiro atoms. The van der Waals surface area contributed by atoms with Gasteiger partial charge in [0.2, 0.25) is 0 Å². The van der Waals surface area contributed by atoms with Gasteiger partial charge in [-0.2, -0.15) is 0 Å². The molecule has 0 radical (unpaired) electrons. The van der Waals surface area contributed by atoms with Crippen LogP contribution in [0.3, 0.4) is 0 Å². The van der Waals surface area contributed by atoms with Gasteiger partial charge < -0.3 is 4.74 Å². The minimum Gasteiger partial charge on any atom is -0.465 e. The Hall–Kier alpha value is -1.43. The summed E-state index contributed by atoms with van der Waals surface area (Å²) in [5.41, 5.74) is 2.48. The van der Waals surface area contributed by atoms with Crippen LogP contribution in [0.5, 0.6) is 0 Å².